The largest absolute Gasteiger partial charge is 0.497 e. The maximum atomic E-state index is 10.7. The first-order valence-electron chi connectivity index (χ1n) is 6.85. The molecule has 3 aromatic rings. The number of aromatic nitrogens is 1. The Bertz CT molecular complexity index is 915. The van der Waals surface area contributed by atoms with E-state index in [0.717, 1.165) is 27.9 Å². The van der Waals surface area contributed by atoms with Gasteiger partial charge >= 0.3 is 0 Å². The Labute approximate surface area is 140 Å². The number of fused-ring (bicyclic) bond motifs is 1. The van der Waals surface area contributed by atoms with Crippen molar-refractivity contribution in [2.75, 3.05) is 7.11 Å². The van der Waals surface area contributed by atoms with Gasteiger partial charge < -0.3 is 9.72 Å². The summed E-state index contributed by atoms with van der Waals surface area (Å²) in [6, 6.07) is 12.5. The van der Waals surface area contributed by atoms with Crippen LogP contribution in [0, 0.1) is 10.1 Å². The van der Waals surface area contributed by atoms with E-state index in [2.05, 4.69) is 20.9 Å². The number of rotatable bonds is 4. The molecular weight excluding hydrogens is 360 g/mol. The predicted octanol–water partition coefficient (Wildman–Crippen LogP) is 5.02. The summed E-state index contributed by atoms with van der Waals surface area (Å²) in [5.74, 6) is 0.810. The second-order valence-corrected chi connectivity index (χ2v) is 5.83. The smallest absolute Gasteiger partial charge is 0.270 e. The van der Waals surface area contributed by atoms with Crippen LogP contribution in [0.3, 0.4) is 0 Å². The van der Waals surface area contributed by atoms with Crippen LogP contribution in [-0.4, -0.2) is 17.0 Å². The lowest BCUT2D eigenvalue weighted by molar-refractivity contribution is -0.384. The lowest BCUT2D eigenvalue weighted by Gasteiger charge is -1.98. The minimum Gasteiger partial charge on any atom is -0.497 e. The van der Waals surface area contributed by atoms with E-state index < -0.39 is 4.92 Å². The lowest BCUT2D eigenvalue weighted by atomic mass is 10.2. The number of nitrogens with zero attached hydrogens (tertiary/aromatic N) is 1. The quantitative estimate of drug-likeness (QED) is 0.516. The molecule has 6 heteroatoms. The van der Waals surface area contributed by atoms with Crippen LogP contribution in [0.5, 0.6) is 5.75 Å². The maximum Gasteiger partial charge on any atom is 0.270 e. The number of non-ortho nitro benzene ring substituents is 1. The van der Waals surface area contributed by atoms with Gasteiger partial charge in [-0.15, -0.1) is 0 Å². The molecule has 2 aromatic carbocycles. The number of nitro groups is 1. The fourth-order valence-electron chi connectivity index (χ4n) is 2.29. The summed E-state index contributed by atoms with van der Waals surface area (Å²) in [5.41, 5.74) is 2.89. The molecular formula is C17H13BrN2O3. The molecule has 0 aliphatic rings. The van der Waals surface area contributed by atoms with Gasteiger partial charge in [-0.2, -0.15) is 0 Å². The maximum absolute atomic E-state index is 10.7. The van der Waals surface area contributed by atoms with Gasteiger partial charge in [0.1, 0.15) is 5.75 Å². The second kappa shape index (κ2) is 6.26. The minimum absolute atomic E-state index is 0.0618. The van der Waals surface area contributed by atoms with Crippen LogP contribution in [0.15, 0.2) is 46.9 Å². The number of nitro benzene ring substituents is 1. The molecule has 0 saturated heterocycles. The average molecular weight is 373 g/mol. The molecule has 0 aliphatic heterocycles. The van der Waals surface area contributed by atoms with E-state index in [1.165, 1.54) is 12.1 Å². The fourth-order valence-corrected chi connectivity index (χ4v) is 2.79. The van der Waals surface area contributed by atoms with Crippen molar-refractivity contribution in [3.05, 3.63) is 68.3 Å². The highest BCUT2D eigenvalue weighted by molar-refractivity contribution is 9.10. The summed E-state index contributed by atoms with van der Waals surface area (Å²) < 4.78 is 5.90. The number of benzene rings is 2. The molecule has 0 amide bonds. The van der Waals surface area contributed by atoms with Crippen LogP contribution < -0.4 is 4.74 Å². The highest BCUT2D eigenvalue weighted by Gasteiger charge is 2.07. The van der Waals surface area contributed by atoms with Crippen LogP contribution in [0.1, 0.15) is 11.3 Å². The fraction of sp³-hybridized carbons (Fsp3) is 0.0588. The van der Waals surface area contributed by atoms with E-state index in [0.29, 0.717) is 4.47 Å². The van der Waals surface area contributed by atoms with Crippen molar-refractivity contribution in [2.24, 2.45) is 0 Å². The van der Waals surface area contributed by atoms with Gasteiger partial charge in [0.05, 0.1) is 12.0 Å². The van der Waals surface area contributed by atoms with Crippen molar-refractivity contribution in [3.63, 3.8) is 0 Å². The molecule has 1 heterocycles. The van der Waals surface area contributed by atoms with Crippen molar-refractivity contribution in [3.8, 4) is 5.75 Å². The van der Waals surface area contributed by atoms with E-state index in [-0.39, 0.29) is 5.69 Å². The van der Waals surface area contributed by atoms with Crippen molar-refractivity contribution >= 4 is 44.7 Å². The zero-order chi connectivity index (χ0) is 16.4. The topological polar surface area (TPSA) is 68.2 Å². The Balaban J connectivity index is 1.89. The Morgan fingerprint density at radius 1 is 1.17 bits per heavy atom. The summed E-state index contributed by atoms with van der Waals surface area (Å²) in [6.07, 6.45) is 3.83. The third-order valence-electron chi connectivity index (χ3n) is 3.49. The zero-order valence-electron chi connectivity index (χ0n) is 12.2. The van der Waals surface area contributed by atoms with Crippen LogP contribution >= 0.6 is 15.9 Å². The summed E-state index contributed by atoms with van der Waals surface area (Å²) in [5, 5.41) is 11.8. The van der Waals surface area contributed by atoms with E-state index in [1.54, 1.807) is 13.2 Å². The molecule has 1 aromatic heterocycles. The Kier molecular flexibility index (Phi) is 4.16. The summed E-state index contributed by atoms with van der Waals surface area (Å²) >= 11 is 3.36. The molecule has 23 heavy (non-hydrogen) atoms. The normalized spacial score (nSPS) is 11.2. The number of hydrogen-bond donors (Lipinski definition) is 1. The number of nitrogens with one attached hydrogen (secondary N) is 1. The molecule has 0 atom stereocenters. The first-order valence-corrected chi connectivity index (χ1v) is 7.65. The molecule has 0 radical (unpaired) electrons. The molecule has 3 rings (SSSR count). The molecule has 0 aliphatic carbocycles. The predicted molar refractivity (Wildman–Crippen MR) is 94.6 cm³/mol. The molecule has 0 unspecified atom stereocenters. The SMILES string of the molecule is COc1ccc2[nH]c(/C=C/c3ccc([N+](=O)[O-])cc3Br)cc2c1. The van der Waals surface area contributed by atoms with Gasteiger partial charge in [-0.3, -0.25) is 10.1 Å². The molecule has 0 fully saturated rings. The van der Waals surface area contributed by atoms with Crippen molar-refractivity contribution < 1.29 is 9.66 Å². The number of methoxy groups -OCH3 is 1. The third kappa shape index (κ3) is 3.27. The van der Waals surface area contributed by atoms with Gasteiger partial charge in [0.2, 0.25) is 0 Å². The highest BCUT2D eigenvalue weighted by atomic mass is 79.9. The van der Waals surface area contributed by atoms with Gasteiger partial charge in [0, 0.05) is 33.2 Å². The number of hydrogen-bond acceptors (Lipinski definition) is 3. The van der Waals surface area contributed by atoms with Crippen molar-refractivity contribution in [1.82, 2.24) is 4.98 Å². The van der Waals surface area contributed by atoms with Crippen molar-refractivity contribution in [2.45, 2.75) is 0 Å². The summed E-state index contributed by atoms with van der Waals surface area (Å²) in [4.78, 5) is 13.6. The molecule has 0 bridgehead atoms. The van der Waals surface area contributed by atoms with Crippen LogP contribution in [0.4, 0.5) is 5.69 Å². The Morgan fingerprint density at radius 3 is 2.70 bits per heavy atom. The standard InChI is InChI=1S/C17H13BrN2O3/c1-23-15-6-7-17-12(9-15)8-13(19-17)4-2-11-3-5-14(20(21)22)10-16(11)18/h2-10,19H,1H3/b4-2+. The first-order chi connectivity index (χ1) is 11.1. The first kappa shape index (κ1) is 15.3. The van der Waals surface area contributed by atoms with Gasteiger partial charge in [-0.05, 0) is 57.9 Å². The number of aromatic amines is 1. The van der Waals surface area contributed by atoms with Crippen LogP contribution in [0.2, 0.25) is 0 Å². The van der Waals surface area contributed by atoms with E-state index in [1.807, 2.05) is 36.4 Å². The van der Waals surface area contributed by atoms with Crippen LogP contribution in [-0.2, 0) is 0 Å². The number of halogens is 1. The monoisotopic (exact) mass is 372 g/mol. The zero-order valence-corrected chi connectivity index (χ0v) is 13.8. The number of ether oxygens (including phenoxy) is 1. The van der Waals surface area contributed by atoms with Crippen molar-refractivity contribution in [1.29, 1.82) is 0 Å². The van der Waals surface area contributed by atoms with E-state index >= 15 is 0 Å². The molecule has 1 N–H and O–H groups in total. The van der Waals surface area contributed by atoms with Gasteiger partial charge in [0.15, 0.2) is 0 Å². The van der Waals surface area contributed by atoms with Gasteiger partial charge in [0.25, 0.3) is 5.69 Å². The minimum atomic E-state index is -0.413. The molecule has 5 nitrogen and oxygen atoms in total. The highest BCUT2D eigenvalue weighted by Crippen LogP contribution is 2.26. The second-order valence-electron chi connectivity index (χ2n) is 4.97. The summed E-state index contributed by atoms with van der Waals surface area (Å²) in [6.45, 7) is 0. The lowest BCUT2D eigenvalue weighted by Crippen LogP contribution is -1.88. The van der Waals surface area contributed by atoms with Gasteiger partial charge in [-0.1, -0.05) is 6.08 Å². The average Bonchev–Trinajstić information content (AvgIpc) is 2.95. The number of H-pyrrole nitrogens is 1. The molecule has 116 valence electrons. The van der Waals surface area contributed by atoms with Crippen LogP contribution in [0.25, 0.3) is 23.1 Å². The van der Waals surface area contributed by atoms with E-state index in [4.69, 9.17) is 4.74 Å². The summed E-state index contributed by atoms with van der Waals surface area (Å²) in [7, 11) is 1.64. The van der Waals surface area contributed by atoms with E-state index in [9.17, 15) is 10.1 Å². The molecule has 0 spiro atoms. The molecule has 0 saturated carbocycles. The third-order valence-corrected chi connectivity index (χ3v) is 4.17. The Morgan fingerprint density at radius 2 is 2.00 bits per heavy atom. The Hall–Kier alpha value is -2.60. The van der Waals surface area contributed by atoms with Gasteiger partial charge in [-0.25, -0.2) is 0 Å².